The van der Waals surface area contributed by atoms with Crippen molar-refractivity contribution in [3.05, 3.63) is 40.9 Å². The molecule has 8 heteroatoms. The van der Waals surface area contributed by atoms with Crippen molar-refractivity contribution in [3.8, 4) is 0 Å². The third-order valence-electron chi connectivity index (χ3n) is 4.37. The molecule has 1 aliphatic rings. The minimum absolute atomic E-state index is 0.0942. The zero-order chi connectivity index (χ0) is 17.1. The van der Waals surface area contributed by atoms with Gasteiger partial charge in [-0.2, -0.15) is 0 Å². The highest BCUT2D eigenvalue weighted by atomic mass is 32.1. The average molecular weight is 352 g/mol. The van der Waals surface area contributed by atoms with E-state index in [1.807, 2.05) is 6.92 Å². The molecule has 2 heterocycles. The number of nitrogens with zero attached hydrogens (tertiary/aromatic N) is 3. The molecule has 1 aromatic heterocycles. The van der Waals surface area contributed by atoms with Gasteiger partial charge in [0.2, 0.25) is 11.0 Å². The number of hydrogen-bond acceptors (Lipinski definition) is 5. The minimum Gasteiger partial charge on any atom is -0.300 e. The molecule has 2 atom stereocenters. The van der Waals surface area contributed by atoms with Gasteiger partial charge in [0, 0.05) is 24.2 Å². The summed E-state index contributed by atoms with van der Waals surface area (Å²) in [4.78, 5) is 14.4. The van der Waals surface area contributed by atoms with Crippen LogP contribution >= 0.6 is 11.3 Å². The number of anilines is 1. The van der Waals surface area contributed by atoms with Gasteiger partial charge in [-0.1, -0.05) is 17.4 Å². The summed E-state index contributed by atoms with van der Waals surface area (Å²) in [5.41, 5.74) is 2.00. The average Bonchev–Trinajstić information content (AvgIpc) is 3.07. The van der Waals surface area contributed by atoms with Crippen LogP contribution in [0, 0.1) is 17.6 Å². The quantitative estimate of drug-likeness (QED) is 0.918. The lowest BCUT2D eigenvalue weighted by molar-refractivity contribution is -0.121. The summed E-state index contributed by atoms with van der Waals surface area (Å²) in [5.74, 6) is -1.42. The number of likely N-dealkylation sites (tertiary alicyclic amines) is 1. The predicted octanol–water partition coefficient (Wildman–Crippen LogP) is 3.23. The molecule has 1 aliphatic heterocycles. The van der Waals surface area contributed by atoms with Gasteiger partial charge in [0.1, 0.15) is 17.1 Å². The first-order valence-corrected chi connectivity index (χ1v) is 8.68. The normalized spacial score (nSPS) is 19.9. The lowest BCUT2D eigenvalue weighted by Crippen LogP contribution is -2.42. The van der Waals surface area contributed by atoms with E-state index in [1.165, 1.54) is 23.5 Å². The number of carbonyl (C=O) groups is 1. The van der Waals surface area contributed by atoms with Crippen LogP contribution in [-0.2, 0) is 4.79 Å². The number of piperidine rings is 1. The molecule has 0 saturated carbocycles. The van der Waals surface area contributed by atoms with Gasteiger partial charge in [0.25, 0.3) is 0 Å². The van der Waals surface area contributed by atoms with Crippen LogP contribution in [0.2, 0.25) is 0 Å². The Kier molecular flexibility index (Phi) is 5.15. The second-order valence-corrected chi connectivity index (χ2v) is 6.74. The van der Waals surface area contributed by atoms with E-state index < -0.39 is 11.6 Å². The Hall–Kier alpha value is -1.93. The first-order valence-electron chi connectivity index (χ1n) is 7.80. The van der Waals surface area contributed by atoms with Crippen molar-refractivity contribution < 1.29 is 13.6 Å². The van der Waals surface area contributed by atoms with Crippen LogP contribution in [0.1, 0.15) is 31.4 Å². The van der Waals surface area contributed by atoms with Crippen LogP contribution < -0.4 is 5.32 Å². The van der Waals surface area contributed by atoms with Gasteiger partial charge in [-0.25, -0.2) is 8.78 Å². The van der Waals surface area contributed by atoms with Gasteiger partial charge in [0.15, 0.2) is 0 Å². The molecule has 0 bridgehead atoms. The molecule has 1 saturated heterocycles. The zero-order valence-corrected chi connectivity index (χ0v) is 14.0. The topological polar surface area (TPSA) is 58.1 Å². The van der Waals surface area contributed by atoms with Gasteiger partial charge in [-0.15, -0.1) is 10.2 Å². The Morgan fingerprint density at radius 3 is 3.00 bits per heavy atom. The molecular weight excluding hydrogens is 334 g/mol. The van der Waals surface area contributed by atoms with Crippen LogP contribution in [0.3, 0.4) is 0 Å². The second-order valence-electron chi connectivity index (χ2n) is 5.91. The number of aromatic nitrogens is 2. The molecule has 0 spiro atoms. The van der Waals surface area contributed by atoms with Crippen molar-refractivity contribution in [2.45, 2.75) is 25.8 Å². The molecule has 1 N–H and O–H groups in total. The molecule has 5 nitrogen and oxygen atoms in total. The molecular formula is C16H18F2N4OS. The van der Waals surface area contributed by atoms with Crippen LogP contribution in [-0.4, -0.2) is 34.1 Å². The number of benzene rings is 1. The second kappa shape index (κ2) is 7.31. The fraction of sp³-hybridized carbons (Fsp3) is 0.438. The van der Waals surface area contributed by atoms with E-state index in [0.717, 1.165) is 25.5 Å². The minimum atomic E-state index is -0.587. The van der Waals surface area contributed by atoms with Gasteiger partial charge in [0.05, 0.1) is 5.92 Å². The van der Waals surface area contributed by atoms with Gasteiger partial charge < -0.3 is 5.32 Å². The van der Waals surface area contributed by atoms with E-state index in [9.17, 15) is 13.6 Å². The van der Waals surface area contributed by atoms with E-state index in [0.29, 0.717) is 17.2 Å². The molecule has 1 amide bonds. The summed E-state index contributed by atoms with van der Waals surface area (Å²) in [6.45, 7) is 3.19. The van der Waals surface area contributed by atoms with Crippen LogP contribution in [0.25, 0.3) is 0 Å². The van der Waals surface area contributed by atoms with Crippen molar-refractivity contribution in [2.75, 3.05) is 18.4 Å². The summed E-state index contributed by atoms with van der Waals surface area (Å²) in [6.07, 6.45) is 1.63. The summed E-state index contributed by atoms with van der Waals surface area (Å²) in [5, 5.41) is 10.7. The van der Waals surface area contributed by atoms with Crippen LogP contribution in [0.4, 0.5) is 13.9 Å². The molecule has 1 aromatic carbocycles. The Labute approximate surface area is 142 Å². The predicted molar refractivity (Wildman–Crippen MR) is 87.6 cm³/mol. The highest BCUT2D eigenvalue weighted by molar-refractivity contribution is 7.13. The highest BCUT2D eigenvalue weighted by Crippen LogP contribution is 2.29. The van der Waals surface area contributed by atoms with Crippen molar-refractivity contribution in [3.63, 3.8) is 0 Å². The molecule has 1 fully saturated rings. The first kappa shape index (κ1) is 16.9. The third-order valence-corrected chi connectivity index (χ3v) is 4.98. The largest absolute Gasteiger partial charge is 0.300 e. The Morgan fingerprint density at radius 2 is 2.29 bits per heavy atom. The molecule has 0 aliphatic carbocycles. The molecule has 2 unspecified atom stereocenters. The fourth-order valence-corrected chi connectivity index (χ4v) is 3.49. The Balaban J connectivity index is 1.67. The summed E-state index contributed by atoms with van der Waals surface area (Å²) < 4.78 is 27.1. The maximum absolute atomic E-state index is 14.0. The number of nitrogens with one attached hydrogen (secondary N) is 1. The smallest absolute Gasteiger partial charge is 0.230 e. The van der Waals surface area contributed by atoms with E-state index in [-0.39, 0.29) is 17.9 Å². The van der Waals surface area contributed by atoms with Gasteiger partial charge >= 0.3 is 0 Å². The number of carbonyl (C=O) groups excluding carboxylic acids is 1. The number of hydrogen-bond donors (Lipinski definition) is 1. The lowest BCUT2D eigenvalue weighted by Gasteiger charge is -2.36. The van der Waals surface area contributed by atoms with E-state index in [1.54, 1.807) is 5.51 Å². The first-order chi connectivity index (χ1) is 11.5. The molecule has 0 radical (unpaired) electrons. The Bertz CT molecular complexity index is 710. The number of amides is 1. The van der Waals surface area contributed by atoms with E-state index in [4.69, 9.17) is 0 Å². The molecule has 2 aromatic rings. The Morgan fingerprint density at radius 1 is 1.46 bits per heavy atom. The SMILES string of the molecule is CC(c1ccc(F)cc1F)N1CCCC(C(=O)Nc2nncs2)C1. The third kappa shape index (κ3) is 3.76. The molecule has 3 rings (SSSR count). The fourth-order valence-electron chi connectivity index (χ4n) is 3.04. The highest BCUT2D eigenvalue weighted by Gasteiger charge is 2.30. The number of rotatable bonds is 4. The number of halogens is 2. The van der Waals surface area contributed by atoms with Crippen LogP contribution in [0.15, 0.2) is 23.7 Å². The summed E-state index contributed by atoms with van der Waals surface area (Å²) in [6, 6.07) is 3.41. The monoisotopic (exact) mass is 352 g/mol. The van der Waals surface area contributed by atoms with E-state index in [2.05, 4.69) is 20.4 Å². The lowest BCUT2D eigenvalue weighted by atomic mass is 9.94. The molecule has 128 valence electrons. The van der Waals surface area contributed by atoms with Crippen molar-refractivity contribution in [1.29, 1.82) is 0 Å². The van der Waals surface area contributed by atoms with E-state index >= 15 is 0 Å². The van der Waals surface area contributed by atoms with Crippen molar-refractivity contribution in [1.82, 2.24) is 15.1 Å². The summed E-state index contributed by atoms with van der Waals surface area (Å²) in [7, 11) is 0. The van der Waals surface area contributed by atoms with Crippen molar-refractivity contribution in [2.24, 2.45) is 5.92 Å². The standard InChI is InChI=1S/C16H18F2N4OS/c1-10(13-5-4-12(17)7-14(13)18)22-6-2-3-11(8-22)15(23)20-16-21-19-9-24-16/h4-5,7,9-11H,2-3,6,8H2,1H3,(H,20,21,23). The van der Waals surface area contributed by atoms with Crippen molar-refractivity contribution >= 4 is 22.4 Å². The van der Waals surface area contributed by atoms with Gasteiger partial charge in [-0.3, -0.25) is 9.69 Å². The molecule has 24 heavy (non-hydrogen) atoms. The van der Waals surface area contributed by atoms with Gasteiger partial charge in [-0.05, 0) is 32.4 Å². The maximum Gasteiger partial charge on any atom is 0.230 e. The summed E-state index contributed by atoms with van der Waals surface area (Å²) >= 11 is 1.27. The van der Waals surface area contributed by atoms with Crippen LogP contribution in [0.5, 0.6) is 0 Å². The maximum atomic E-state index is 14.0. The zero-order valence-electron chi connectivity index (χ0n) is 13.2.